The number of quaternary nitrogens is 1. The van der Waals surface area contributed by atoms with Crippen LogP contribution in [-0.2, 0) is 4.74 Å². The molecule has 0 aliphatic carbocycles. The molecule has 2 aliphatic heterocycles. The summed E-state index contributed by atoms with van der Waals surface area (Å²) in [4.78, 5) is 0. The predicted molar refractivity (Wildman–Crippen MR) is 65.1 cm³/mol. The second-order valence-electron chi connectivity index (χ2n) is 4.20. The van der Waals surface area contributed by atoms with Gasteiger partial charge in [-0.1, -0.05) is 23.3 Å². The van der Waals surface area contributed by atoms with E-state index in [1.807, 2.05) is 18.4 Å². The van der Waals surface area contributed by atoms with E-state index in [1.165, 1.54) is 5.69 Å². The Kier molecular flexibility index (Phi) is 2.35. The zero-order chi connectivity index (χ0) is 10.8. The molecule has 0 aromatic heterocycles. The molecule has 1 saturated heterocycles. The third-order valence-corrected chi connectivity index (χ3v) is 3.29. The SMILES string of the molecule is C1=C[N+](c2ccccc2)([C@@H]2CCOC2)N=C1. The van der Waals surface area contributed by atoms with E-state index in [1.54, 1.807) is 0 Å². The summed E-state index contributed by atoms with van der Waals surface area (Å²) in [7, 11) is 0. The minimum Gasteiger partial charge on any atom is -0.375 e. The van der Waals surface area contributed by atoms with Crippen molar-refractivity contribution in [3.8, 4) is 0 Å². The van der Waals surface area contributed by atoms with E-state index in [0.29, 0.717) is 10.6 Å². The van der Waals surface area contributed by atoms with E-state index in [9.17, 15) is 0 Å². The minimum absolute atomic E-state index is 0.414. The van der Waals surface area contributed by atoms with E-state index < -0.39 is 0 Å². The van der Waals surface area contributed by atoms with Crippen LogP contribution in [0, 0.1) is 0 Å². The lowest BCUT2D eigenvalue weighted by Crippen LogP contribution is -2.47. The first kappa shape index (κ1) is 9.75. The van der Waals surface area contributed by atoms with Crippen LogP contribution in [0.5, 0.6) is 0 Å². The van der Waals surface area contributed by atoms with Crippen molar-refractivity contribution in [2.75, 3.05) is 13.2 Å². The summed E-state index contributed by atoms with van der Waals surface area (Å²) in [6.45, 7) is 1.64. The van der Waals surface area contributed by atoms with E-state index in [4.69, 9.17) is 4.74 Å². The lowest BCUT2D eigenvalue weighted by atomic mass is 10.1. The third-order valence-electron chi connectivity index (χ3n) is 3.29. The molecule has 0 spiro atoms. The first-order chi connectivity index (χ1) is 7.92. The van der Waals surface area contributed by atoms with Gasteiger partial charge in [-0.3, -0.25) is 0 Å². The molecule has 3 nitrogen and oxygen atoms in total. The number of benzene rings is 1. The molecule has 2 aliphatic rings. The van der Waals surface area contributed by atoms with Gasteiger partial charge in [0.25, 0.3) is 0 Å². The smallest absolute Gasteiger partial charge is 0.164 e. The van der Waals surface area contributed by atoms with E-state index in [0.717, 1.165) is 19.6 Å². The Morgan fingerprint density at radius 2 is 2.12 bits per heavy atom. The Labute approximate surface area is 95.2 Å². The Bertz CT molecular complexity index is 407. The molecule has 0 radical (unpaired) electrons. The molecule has 3 heteroatoms. The number of allylic oxidation sites excluding steroid dienone is 1. The molecule has 16 heavy (non-hydrogen) atoms. The van der Waals surface area contributed by atoms with Gasteiger partial charge in [0.1, 0.15) is 18.8 Å². The first-order valence-electron chi connectivity index (χ1n) is 5.67. The maximum atomic E-state index is 5.49. The summed E-state index contributed by atoms with van der Waals surface area (Å²) in [6.07, 6.45) is 7.11. The molecule has 2 atom stereocenters. The normalized spacial score (nSPS) is 32.4. The Morgan fingerprint density at radius 3 is 2.75 bits per heavy atom. The Balaban J connectivity index is 2.03. The molecule has 1 aromatic carbocycles. The first-order valence-corrected chi connectivity index (χ1v) is 5.67. The average Bonchev–Trinajstić information content (AvgIpc) is 3.02. The largest absolute Gasteiger partial charge is 0.375 e. The Morgan fingerprint density at radius 1 is 1.25 bits per heavy atom. The fourth-order valence-corrected chi connectivity index (χ4v) is 2.44. The molecule has 0 amide bonds. The number of nitrogens with zero attached hydrogens (tertiary/aromatic N) is 2. The number of rotatable bonds is 2. The monoisotopic (exact) mass is 215 g/mol. The van der Waals surface area contributed by atoms with Crippen LogP contribution >= 0.6 is 0 Å². The summed E-state index contributed by atoms with van der Waals surface area (Å²) in [5.41, 5.74) is 1.21. The van der Waals surface area contributed by atoms with Gasteiger partial charge in [0.2, 0.25) is 0 Å². The number of ether oxygens (including phenoxy) is 1. The maximum absolute atomic E-state index is 5.49. The van der Waals surface area contributed by atoms with E-state index in [-0.39, 0.29) is 0 Å². The molecule has 1 aromatic rings. The molecular formula is C13H15N2O+. The molecule has 3 rings (SSSR count). The van der Waals surface area contributed by atoms with Crippen LogP contribution in [-0.4, -0.2) is 25.5 Å². The summed E-state index contributed by atoms with van der Waals surface area (Å²) >= 11 is 0. The minimum atomic E-state index is 0.414. The fraction of sp³-hybridized carbons (Fsp3) is 0.308. The zero-order valence-electron chi connectivity index (χ0n) is 9.12. The molecule has 82 valence electrons. The van der Waals surface area contributed by atoms with E-state index >= 15 is 0 Å². The molecule has 0 N–H and O–H groups in total. The highest BCUT2D eigenvalue weighted by molar-refractivity contribution is 5.75. The average molecular weight is 215 g/mol. The number of hydrogen-bond donors (Lipinski definition) is 0. The van der Waals surface area contributed by atoms with Gasteiger partial charge in [-0.15, -0.1) is 4.59 Å². The molecular weight excluding hydrogens is 200 g/mol. The van der Waals surface area contributed by atoms with Crippen molar-refractivity contribution < 1.29 is 4.74 Å². The lowest BCUT2D eigenvalue weighted by Gasteiger charge is -2.30. The van der Waals surface area contributed by atoms with Crippen LogP contribution in [0.2, 0.25) is 0 Å². The second-order valence-corrected chi connectivity index (χ2v) is 4.20. The molecule has 0 bridgehead atoms. The lowest BCUT2D eigenvalue weighted by molar-refractivity contribution is 0.170. The molecule has 1 fully saturated rings. The van der Waals surface area contributed by atoms with Gasteiger partial charge in [-0.25, -0.2) is 0 Å². The van der Waals surface area contributed by atoms with Crippen molar-refractivity contribution in [1.29, 1.82) is 0 Å². The van der Waals surface area contributed by atoms with Crippen molar-refractivity contribution in [3.63, 3.8) is 0 Å². The van der Waals surface area contributed by atoms with Crippen LogP contribution in [0.4, 0.5) is 5.69 Å². The van der Waals surface area contributed by atoms with Crippen molar-refractivity contribution in [2.24, 2.45) is 5.10 Å². The summed E-state index contributed by atoms with van der Waals surface area (Å²) < 4.78 is 6.06. The van der Waals surface area contributed by atoms with Crippen LogP contribution in [0.25, 0.3) is 0 Å². The predicted octanol–water partition coefficient (Wildman–Crippen LogP) is 2.30. The maximum Gasteiger partial charge on any atom is 0.164 e. The van der Waals surface area contributed by atoms with Gasteiger partial charge in [-0.05, 0) is 0 Å². The van der Waals surface area contributed by atoms with Gasteiger partial charge in [0, 0.05) is 24.6 Å². The standard InChI is InChI=1S/C13H15N2O/c1-2-5-12(6-3-1)15(9-4-8-14-15)13-7-10-16-11-13/h1-6,8-9,13H,7,10-11H2/q+1/t13-,15?/m1/s1. The summed E-state index contributed by atoms with van der Waals surface area (Å²) in [5.74, 6) is 0. The zero-order valence-corrected chi connectivity index (χ0v) is 9.12. The second kappa shape index (κ2) is 3.85. The third kappa shape index (κ3) is 1.40. The highest BCUT2D eigenvalue weighted by atomic mass is 16.5. The van der Waals surface area contributed by atoms with Gasteiger partial charge in [0.05, 0.1) is 12.8 Å². The fourth-order valence-electron chi connectivity index (χ4n) is 2.44. The van der Waals surface area contributed by atoms with Crippen molar-refractivity contribution in [1.82, 2.24) is 4.59 Å². The highest BCUT2D eigenvalue weighted by Gasteiger charge is 2.42. The number of para-hydroxylation sites is 1. The van der Waals surface area contributed by atoms with Crippen molar-refractivity contribution in [3.05, 3.63) is 42.6 Å². The Hall–Kier alpha value is -1.45. The summed E-state index contributed by atoms with van der Waals surface area (Å²) in [6, 6.07) is 10.8. The van der Waals surface area contributed by atoms with Gasteiger partial charge in [-0.2, -0.15) is 0 Å². The van der Waals surface area contributed by atoms with Crippen molar-refractivity contribution >= 4 is 11.9 Å². The van der Waals surface area contributed by atoms with Crippen LogP contribution in [0.1, 0.15) is 6.42 Å². The molecule has 0 saturated carbocycles. The molecule has 2 heterocycles. The number of hydrogen-bond acceptors (Lipinski definition) is 2. The van der Waals surface area contributed by atoms with Crippen LogP contribution in [0.3, 0.4) is 0 Å². The van der Waals surface area contributed by atoms with Crippen LogP contribution in [0.15, 0.2) is 47.7 Å². The quantitative estimate of drug-likeness (QED) is 0.694. The molecule has 1 unspecified atom stereocenters. The van der Waals surface area contributed by atoms with E-state index in [2.05, 4.69) is 35.6 Å². The van der Waals surface area contributed by atoms with Gasteiger partial charge >= 0.3 is 0 Å². The van der Waals surface area contributed by atoms with Gasteiger partial charge in [0.15, 0.2) is 5.69 Å². The topological polar surface area (TPSA) is 21.6 Å². The van der Waals surface area contributed by atoms with Crippen LogP contribution < -0.4 is 4.59 Å². The highest BCUT2D eigenvalue weighted by Crippen LogP contribution is 2.33. The summed E-state index contributed by atoms with van der Waals surface area (Å²) in [5, 5.41) is 4.64. The van der Waals surface area contributed by atoms with Crippen molar-refractivity contribution in [2.45, 2.75) is 12.5 Å². The van der Waals surface area contributed by atoms with Gasteiger partial charge < -0.3 is 4.74 Å².